The highest BCUT2D eigenvalue weighted by Gasteiger charge is 2.43. The molecule has 0 fully saturated rings. The molecule has 0 saturated heterocycles. The molecule has 33 heavy (non-hydrogen) atoms. The molecular formula is C32H34O. The Labute approximate surface area is 199 Å². The lowest BCUT2D eigenvalue weighted by Gasteiger charge is -2.39. The molecular weight excluding hydrogens is 400 g/mol. The molecule has 0 amide bonds. The van der Waals surface area contributed by atoms with E-state index in [1.807, 2.05) is 6.08 Å². The van der Waals surface area contributed by atoms with Crippen molar-refractivity contribution in [3.8, 4) is 5.75 Å². The number of allylic oxidation sites excluding steroid dienone is 4. The van der Waals surface area contributed by atoms with Gasteiger partial charge in [0.15, 0.2) is 0 Å². The number of benzene rings is 3. The van der Waals surface area contributed by atoms with Gasteiger partial charge >= 0.3 is 0 Å². The lowest BCUT2D eigenvalue weighted by Crippen LogP contribution is -2.33. The number of hydrogen-bond donors (Lipinski definition) is 0. The van der Waals surface area contributed by atoms with Crippen molar-refractivity contribution >= 4 is 0 Å². The van der Waals surface area contributed by atoms with Crippen LogP contribution in [-0.4, -0.2) is 6.61 Å². The quantitative estimate of drug-likeness (QED) is 0.270. The van der Waals surface area contributed by atoms with Gasteiger partial charge in [0.1, 0.15) is 12.4 Å². The highest BCUT2D eigenvalue weighted by atomic mass is 16.5. The highest BCUT2D eigenvalue weighted by Crippen LogP contribution is 2.52. The van der Waals surface area contributed by atoms with Crippen molar-refractivity contribution in [2.24, 2.45) is 0 Å². The summed E-state index contributed by atoms with van der Waals surface area (Å²) >= 11 is 0. The van der Waals surface area contributed by atoms with Crippen LogP contribution in [0.25, 0.3) is 0 Å². The zero-order valence-electron chi connectivity index (χ0n) is 20.3. The van der Waals surface area contributed by atoms with E-state index in [1.165, 1.54) is 33.4 Å². The second kappa shape index (κ2) is 9.27. The summed E-state index contributed by atoms with van der Waals surface area (Å²) in [7, 11) is 0. The topological polar surface area (TPSA) is 9.23 Å². The lowest BCUT2D eigenvalue weighted by atomic mass is 9.63. The zero-order valence-corrected chi connectivity index (χ0v) is 20.3. The van der Waals surface area contributed by atoms with E-state index in [-0.39, 0.29) is 5.41 Å². The van der Waals surface area contributed by atoms with E-state index < -0.39 is 5.41 Å². The minimum Gasteiger partial charge on any atom is -0.489 e. The second-order valence-corrected chi connectivity index (χ2v) is 9.82. The summed E-state index contributed by atoms with van der Waals surface area (Å²) in [6.07, 6.45) is 9.67. The first kappa shape index (κ1) is 22.9. The SMILES string of the molecule is C=CCOc1c(C(C)(C)C)cc(C)cc1C(C1=CCC=C1)(c1ccccc1)c1ccccc1. The minimum absolute atomic E-state index is 0.0731. The fourth-order valence-corrected chi connectivity index (χ4v) is 4.99. The van der Waals surface area contributed by atoms with Crippen LogP contribution in [0.3, 0.4) is 0 Å². The van der Waals surface area contributed by atoms with Crippen molar-refractivity contribution in [3.63, 3.8) is 0 Å². The predicted octanol–water partition coefficient (Wildman–Crippen LogP) is 8.08. The van der Waals surface area contributed by atoms with Gasteiger partial charge in [-0.3, -0.25) is 0 Å². The van der Waals surface area contributed by atoms with Gasteiger partial charge in [0.2, 0.25) is 0 Å². The van der Waals surface area contributed by atoms with Crippen LogP contribution in [0.5, 0.6) is 5.75 Å². The van der Waals surface area contributed by atoms with Crippen molar-refractivity contribution < 1.29 is 4.74 Å². The Morgan fingerprint density at radius 3 is 1.94 bits per heavy atom. The van der Waals surface area contributed by atoms with E-state index >= 15 is 0 Å². The van der Waals surface area contributed by atoms with Crippen LogP contribution >= 0.6 is 0 Å². The van der Waals surface area contributed by atoms with Crippen LogP contribution in [0.15, 0.2) is 109 Å². The normalized spacial score (nSPS) is 13.6. The Morgan fingerprint density at radius 2 is 1.45 bits per heavy atom. The molecule has 1 heteroatoms. The molecule has 0 bridgehead atoms. The fourth-order valence-electron chi connectivity index (χ4n) is 4.99. The molecule has 168 valence electrons. The monoisotopic (exact) mass is 434 g/mol. The van der Waals surface area contributed by atoms with Crippen LogP contribution in [0, 0.1) is 6.92 Å². The number of rotatable bonds is 7. The molecule has 3 aromatic rings. The molecule has 0 heterocycles. The molecule has 0 atom stereocenters. The fraction of sp³-hybridized carbons (Fsp3) is 0.250. The molecule has 0 aliphatic heterocycles. The van der Waals surface area contributed by atoms with Crippen molar-refractivity contribution in [1.29, 1.82) is 0 Å². The molecule has 4 rings (SSSR count). The van der Waals surface area contributed by atoms with E-state index in [4.69, 9.17) is 4.74 Å². The van der Waals surface area contributed by atoms with Crippen LogP contribution in [0.4, 0.5) is 0 Å². The van der Waals surface area contributed by atoms with Crippen LogP contribution in [0.2, 0.25) is 0 Å². The summed E-state index contributed by atoms with van der Waals surface area (Å²) in [5.74, 6) is 0.960. The molecule has 0 N–H and O–H groups in total. The first-order valence-electron chi connectivity index (χ1n) is 11.8. The first-order valence-corrected chi connectivity index (χ1v) is 11.8. The van der Waals surface area contributed by atoms with Crippen LogP contribution in [0.1, 0.15) is 55.0 Å². The van der Waals surface area contributed by atoms with Gasteiger partial charge in [-0.2, -0.15) is 0 Å². The van der Waals surface area contributed by atoms with Crippen molar-refractivity contribution in [3.05, 3.63) is 137 Å². The average Bonchev–Trinajstić information content (AvgIpc) is 3.35. The Bertz CT molecular complexity index is 1130. The van der Waals surface area contributed by atoms with Gasteiger partial charge in [0, 0.05) is 11.1 Å². The van der Waals surface area contributed by atoms with Crippen LogP contribution < -0.4 is 4.74 Å². The Balaban J connectivity index is 2.19. The molecule has 0 saturated carbocycles. The smallest absolute Gasteiger partial charge is 0.128 e. The largest absolute Gasteiger partial charge is 0.489 e. The van der Waals surface area contributed by atoms with Gasteiger partial charge in [-0.15, -0.1) is 0 Å². The van der Waals surface area contributed by atoms with E-state index in [2.05, 4.69) is 125 Å². The molecule has 3 aromatic carbocycles. The molecule has 0 unspecified atom stereocenters. The summed E-state index contributed by atoms with van der Waals surface area (Å²) in [5, 5.41) is 0. The Morgan fingerprint density at radius 1 is 0.879 bits per heavy atom. The Hall–Kier alpha value is -3.32. The van der Waals surface area contributed by atoms with Gasteiger partial charge in [-0.1, -0.05) is 130 Å². The van der Waals surface area contributed by atoms with E-state index in [1.54, 1.807) is 0 Å². The van der Waals surface area contributed by atoms with Crippen LogP contribution in [-0.2, 0) is 10.8 Å². The highest BCUT2D eigenvalue weighted by molar-refractivity contribution is 5.67. The lowest BCUT2D eigenvalue weighted by molar-refractivity contribution is 0.343. The maximum atomic E-state index is 6.54. The standard InChI is InChI=1S/C32H34O/c1-6-21-33-30-28(31(3,4)5)22-24(2)23-29(30)32(27-19-13-14-20-27,25-15-9-7-10-16-25)26-17-11-8-12-18-26/h6-13,15-20,22-23H,1,14,21H2,2-5H3. The van der Waals surface area contributed by atoms with Crippen molar-refractivity contribution in [1.82, 2.24) is 0 Å². The molecule has 0 aromatic heterocycles. The molecule has 1 aliphatic rings. The Kier molecular flexibility index (Phi) is 6.42. The first-order chi connectivity index (χ1) is 15.9. The third kappa shape index (κ3) is 4.20. The summed E-state index contributed by atoms with van der Waals surface area (Å²) in [6.45, 7) is 13.4. The summed E-state index contributed by atoms with van der Waals surface area (Å²) in [5.41, 5.74) is 6.84. The third-order valence-electron chi connectivity index (χ3n) is 6.41. The summed E-state index contributed by atoms with van der Waals surface area (Å²) in [4.78, 5) is 0. The van der Waals surface area contributed by atoms with E-state index in [0.29, 0.717) is 6.61 Å². The average molecular weight is 435 g/mol. The minimum atomic E-state index is -0.488. The maximum absolute atomic E-state index is 6.54. The summed E-state index contributed by atoms with van der Waals surface area (Å²) in [6, 6.07) is 26.3. The zero-order chi connectivity index (χ0) is 23.5. The van der Waals surface area contributed by atoms with Gasteiger partial charge in [-0.05, 0) is 35.5 Å². The van der Waals surface area contributed by atoms with Gasteiger partial charge in [-0.25, -0.2) is 0 Å². The number of ether oxygens (including phenoxy) is 1. The molecule has 0 radical (unpaired) electrons. The third-order valence-corrected chi connectivity index (χ3v) is 6.41. The van der Waals surface area contributed by atoms with Gasteiger partial charge in [0.25, 0.3) is 0 Å². The van der Waals surface area contributed by atoms with Gasteiger partial charge < -0.3 is 4.74 Å². The van der Waals surface area contributed by atoms with E-state index in [9.17, 15) is 0 Å². The second-order valence-electron chi connectivity index (χ2n) is 9.82. The molecule has 1 aliphatic carbocycles. The predicted molar refractivity (Wildman–Crippen MR) is 140 cm³/mol. The summed E-state index contributed by atoms with van der Waals surface area (Å²) < 4.78 is 6.54. The molecule has 1 nitrogen and oxygen atoms in total. The maximum Gasteiger partial charge on any atom is 0.128 e. The van der Waals surface area contributed by atoms with Gasteiger partial charge in [0.05, 0.1) is 5.41 Å². The number of aryl methyl sites for hydroxylation is 1. The van der Waals surface area contributed by atoms with Crippen molar-refractivity contribution in [2.45, 2.75) is 44.9 Å². The van der Waals surface area contributed by atoms with E-state index in [0.717, 1.165) is 12.2 Å². The van der Waals surface area contributed by atoms with Crippen molar-refractivity contribution in [2.75, 3.05) is 6.61 Å². The number of hydrogen-bond acceptors (Lipinski definition) is 1. The molecule has 0 spiro atoms.